The minimum Gasteiger partial charge on any atom is -0.497 e. The Bertz CT molecular complexity index is 1200. The topological polar surface area (TPSA) is 103 Å². The summed E-state index contributed by atoms with van der Waals surface area (Å²) in [6, 6.07) is 16.0. The summed E-state index contributed by atoms with van der Waals surface area (Å²) in [7, 11) is 3.08. The predicted molar refractivity (Wildman–Crippen MR) is 121 cm³/mol. The molecule has 2 heterocycles. The molecular formula is C23H22N6O3. The molecule has 0 spiro atoms. The van der Waals surface area contributed by atoms with E-state index in [4.69, 9.17) is 9.47 Å². The van der Waals surface area contributed by atoms with Crippen molar-refractivity contribution in [3.8, 4) is 17.3 Å². The number of anilines is 3. The smallest absolute Gasteiger partial charge is 0.255 e. The van der Waals surface area contributed by atoms with E-state index in [1.807, 2.05) is 37.4 Å². The van der Waals surface area contributed by atoms with Gasteiger partial charge in [0.15, 0.2) is 5.82 Å². The molecule has 2 aromatic heterocycles. The first-order valence-electron chi connectivity index (χ1n) is 9.81. The molecular weight excluding hydrogens is 408 g/mol. The maximum atomic E-state index is 12.7. The average molecular weight is 430 g/mol. The molecule has 0 fully saturated rings. The highest BCUT2D eigenvalue weighted by Gasteiger charge is 2.11. The first kappa shape index (κ1) is 20.9. The van der Waals surface area contributed by atoms with Crippen LogP contribution in [-0.2, 0) is 0 Å². The van der Waals surface area contributed by atoms with E-state index in [0.29, 0.717) is 40.2 Å². The third-order valence-corrected chi connectivity index (χ3v) is 4.59. The maximum Gasteiger partial charge on any atom is 0.255 e. The van der Waals surface area contributed by atoms with Crippen LogP contribution in [0.5, 0.6) is 11.5 Å². The largest absolute Gasteiger partial charge is 0.497 e. The van der Waals surface area contributed by atoms with Crippen LogP contribution in [0.2, 0.25) is 0 Å². The molecule has 0 saturated heterocycles. The fourth-order valence-electron chi connectivity index (χ4n) is 3.06. The second-order valence-electron chi connectivity index (χ2n) is 6.87. The van der Waals surface area contributed by atoms with Gasteiger partial charge in [-0.25, -0.2) is 14.6 Å². The molecule has 0 aliphatic heterocycles. The van der Waals surface area contributed by atoms with Gasteiger partial charge in [-0.15, -0.1) is 0 Å². The van der Waals surface area contributed by atoms with Gasteiger partial charge in [0.1, 0.15) is 23.1 Å². The third kappa shape index (κ3) is 4.84. The molecule has 32 heavy (non-hydrogen) atoms. The lowest BCUT2D eigenvalue weighted by Crippen LogP contribution is -2.12. The zero-order valence-corrected chi connectivity index (χ0v) is 17.9. The predicted octanol–water partition coefficient (Wildman–Crippen LogP) is 3.98. The van der Waals surface area contributed by atoms with Crippen molar-refractivity contribution in [1.82, 2.24) is 19.7 Å². The molecule has 9 heteroatoms. The zero-order chi connectivity index (χ0) is 22.5. The Labute approximate surface area is 185 Å². The number of carbonyl (C=O) groups is 1. The number of nitrogens with zero attached hydrogens (tertiary/aromatic N) is 4. The van der Waals surface area contributed by atoms with Crippen molar-refractivity contribution in [2.75, 3.05) is 24.9 Å². The zero-order valence-electron chi connectivity index (χ0n) is 17.9. The number of ether oxygens (including phenoxy) is 2. The Morgan fingerprint density at radius 3 is 2.25 bits per heavy atom. The molecule has 2 aromatic carbocycles. The van der Waals surface area contributed by atoms with Crippen molar-refractivity contribution in [2.24, 2.45) is 0 Å². The molecule has 9 nitrogen and oxygen atoms in total. The van der Waals surface area contributed by atoms with Crippen LogP contribution < -0.4 is 20.1 Å². The highest BCUT2D eigenvalue weighted by Crippen LogP contribution is 2.24. The van der Waals surface area contributed by atoms with E-state index < -0.39 is 0 Å². The molecule has 0 atom stereocenters. The second-order valence-corrected chi connectivity index (χ2v) is 6.87. The summed E-state index contributed by atoms with van der Waals surface area (Å²) in [5.74, 6) is 2.76. The first-order valence-corrected chi connectivity index (χ1v) is 9.81. The van der Waals surface area contributed by atoms with Crippen molar-refractivity contribution < 1.29 is 14.3 Å². The van der Waals surface area contributed by atoms with Gasteiger partial charge < -0.3 is 20.1 Å². The Morgan fingerprint density at radius 2 is 1.62 bits per heavy atom. The van der Waals surface area contributed by atoms with Crippen LogP contribution >= 0.6 is 0 Å². The minimum absolute atomic E-state index is 0.266. The van der Waals surface area contributed by atoms with E-state index in [1.165, 1.54) is 0 Å². The van der Waals surface area contributed by atoms with E-state index in [9.17, 15) is 4.79 Å². The molecule has 0 radical (unpaired) electrons. The number of carbonyl (C=O) groups excluding carboxylic acids is 1. The molecule has 0 bridgehead atoms. The summed E-state index contributed by atoms with van der Waals surface area (Å²) in [6.45, 7) is 1.82. The van der Waals surface area contributed by atoms with E-state index in [0.717, 1.165) is 5.69 Å². The summed E-state index contributed by atoms with van der Waals surface area (Å²) in [5.41, 5.74) is 1.90. The number of hydrogen-bond acceptors (Lipinski definition) is 7. The Morgan fingerprint density at radius 1 is 0.938 bits per heavy atom. The van der Waals surface area contributed by atoms with Gasteiger partial charge in [0.2, 0.25) is 0 Å². The Kier molecular flexibility index (Phi) is 5.98. The van der Waals surface area contributed by atoms with Crippen molar-refractivity contribution in [1.29, 1.82) is 0 Å². The molecule has 4 aromatic rings. The number of nitrogens with one attached hydrogen (secondary N) is 2. The number of methoxy groups -OCH3 is 2. The fraction of sp³-hybridized carbons (Fsp3) is 0.130. The van der Waals surface area contributed by atoms with Gasteiger partial charge in [-0.1, -0.05) is 0 Å². The third-order valence-electron chi connectivity index (χ3n) is 4.59. The quantitative estimate of drug-likeness (QED) is 0.457. The number of hydrogen-bond donors (Lipinski definition) is 2. The summed E-state index contributed by atoms with van der Waals surface area (Å²) < 4.78 is 12.1. The van der Waals surface area contributed by atoms with E-state index in [-0.39, 0.29) is 5.91 Å². The minimum atomic E-state index is -0.266. The molecule has 0 aliphatic carbocycles. The first-order chi connectivity index (χ1) is 15.5. The summed E-state index contributed by atoms with van der Waals surface area (Å²) in [4.78, 5) is 21.5. The monoisotopic (exact) mass is 430 g/mol. The lowest BCUT2D eigenvalue weighted by Gasteiger charge is -2.11. The highest BCUT2D eigenvalue weighted by molar-refractivity contribution is 6.04. The van der Waals surface area contributed by atoms with Crippen LogP contribution in [0, 0.1) is 6.92 Å². The van der Waals surface area contributed by atoms with E-state index in [2.05, 4.69) is 25.7 Å². The van der Waals surface area contributed by atoms with Crippen molar-refractivity contribution >= 4 is 23.1 Å². The lowest BCUT2D eigenvalue weighted by molar-refractivity contribution is 0.102. The van der Waals surface area contributed by atoms with Crippen LogP contribution in [-0.4, -0.2) is 39.9 Å². The average Bonchev–Trinajstić information content (AvgIpc) is 3.35. The molecule has 0 unspecified atom stereocenters. The van der Waals surface area contributed by atoms with Gasteiger partial charge in [0, 0.05) is 41.5 Å². The number of benzene rings is 2. The second kappa shape index (κ2) is 9.17. The summed E-state index contributed by atoms with van der Waals surface area (Å²) in [5, 5.41) is 10.3. The SMILES string of the molecule is COc1cc(OC)cc(C(=O)Nc2ccc(Nc3cc(-n4cccn4)nc(C)n3)cc2)c1. The van der Waals surface area contributed by atoms with Gasteiger partial charge >= 0.3 is 0 Å². The molecule has 4 rings (SSSR count). The van der Waals surface area contributed by atoms with Crippen LogP contribution in [0.15, 0.2) is 67.0 Å². The molecule has 162 valence electrons. The normalized spacial score (nSPS) is 10.5. The Balaban J connectivity index is 1.47. The summed E-state index contributed by atoms with van der Waals surface area (Å²) in [6.07, 6.45) is 3.51. The lowest BCUT2D eigenvalue weighted by atomic mass is 10.1. The number of aromatic nitrogens is 4. The molecule has 2 N–H and O–H groups in total. The highest BCUT2D eigenvalue weighted by atomic mass is 16.5. The van der Waals surface area contributed by atoms with Crippen LogP contribution in [0.25, 0.3) is 5.82 Å². The van der Waals surface area contributed by atoms with Crippen molar-refractivity contribution in [3.63, 3.8) is 0 Å². The van der Waals surface area contributed by atoms with Gasteiger partial charge in [-0.3, -0.25) is 4.79 Å². The van der Waals surface area contributed by atoms with E-state index >= 15 is 0 Å². The summed E-state index contributed by atoms with van der Waals surface area (Å²) >= 11 is 0. The number of aryl methyl sites for hydroxylation is 1. The van der Waals surface area contributed by atoms with Crippen LogP contribution in [0.1, 0.15) is 16.2 Å². The van der Waals surface area contributed by atoms with Crippen LogP contribution in [0.4, 0.5) is 17.2 Å². The standard InChI is InChI=1S/C23H22N6O3/c1-15-25-21(14-22(26-15)29-10-4-9-24-29)27-17-5-7-18(8-6-17)28-23(30)16-11-19(31-2)13-20(12-16)32-3/h4-14H,1-3H3,(H,28,30)(H,25,26,27). The maximum absolute atomic E-state index is 12.7. The van der Waals surface area contributed by atoms with Crippen LogP contribution in [0.3, 0.4) is 0 Å². The van der Waals surface area contributed by atoms with E-state index in [1.54, 1.807) is 55.4 Å². The fourth-order valence-corrected chi connectivity index (χ4v) is 3.06. The van der Waals surface area contributed by atoms with Gasteiger partial charge in [-0.05, 0) is 49.4 Å². The van der Waals surface area contributed by atoms with Gasteiger partial charge in [0.05, 0.1) is 14.2 Å². The van der Waals surface area contributed by atoms with Gasteiger partial charge in [0.25, 0.3) is 5.91 Å². The molecule has 0 saturated carbocycles. The number of rotatable bonds is 7. The van der Waals surface area contributed by atoms with Crippen molar-refractivity contribution in [3.05, 3.63) is 78.4 Å². The molecule has 0 aliphatic rings. The number of amides is 1. The van der Waals surface area contributed by atoms with Gasteiger partial charge in [-0.2, -0.15) is 5.10 Å². The Hall–Kier alpha value is -4.40. The molecule has 1 amide bonds. The van der Waals surface area contributed by atoms with Crippen molar-refractivity contribution in [2.45, 2.75) is 6.92 Å².